The highest BCUT2D eigenvalue weighted by molar-refractivity contribution is 5.57. The van der Waals surface area contributed by atoms with E-state index in [0.717, 1.165) is 41.1 Å². The van der Waals surface area contributed by atoms with Gasteiger partial charge in [-0.3, -0.25) is 0 Å². The number of rotatable bonds is 5. The van der Waals surface area contributed by atoms with Crippen molar-refractivity contribution in [2.24, 2.45) is 0 Å². The molecule has 0 aromatic carbocycles. The van der Waals surface area contributed by atoms with Crippen LogP contribution in [0.5, 0.6) is 0 Å². The van der Waals surface area contributed by atoms with Gasteiger partial charge < -0.3 is 15.1 Å². The van der Waals surface area contributed by atoms with E-state index in [9.17, 15) is 0 Å². The van der Waals surface area contributed by atoms with Gasteiger partial charge in [-0.05, 0) is 46.8 Å². The Hall–Kier alpha value is -2.04. The van der Waals surface area contributed by atoms with Crippen LogP contribution >= 0.6 is 0 Å². The zero-order valence-corrected chi connectivity index (χ0v) is 12.7. The lowest BCUT2D eigenvalue weighted by Gasteiger charge is -2.17. The smallest absolute Gasteiger partial charge is 0.135 e. The van der Waals surface area contributed by atoms with Gasteiger partial charge >= 0.3 is 0 Å². The fourth-order valence-corrected chi connectivity index (χ4v) is 2.07. The quantitative estimate of drug-likeness (QED) is 0.872. The summed E-state index contributed by atoms with van der Waals surface area (Å²) in [5.74, 6) is 4.29. The lowest BCUT2D eigenvalue weighted by Crippen LogP contribution is -2.12. The second-order valence-corrected chi connectivity index (χ2v) is 4.94. The minimum Gasteiger partial charge on any atom is -0.464 e. The Bertz CT molecular complexity index is 592. The first kappa shape index (κ1) is 14.4. The van der Waals surface area contributed by atoms with E-state index in [-0.39, 0.29) is 6.04 Å². The largest absolute Gasteiger partial charge is 0.464 e. The summed E-state index contributed by atoms with van der Waals surface area (Å²) in [6.07, 6.45) is 0. The van der Waals surface area contributed by atoms with Crippen molar-refractivity contribution >= 4 is 11.6 Å². The molecule has 0 radical (unpaired) electrons. The van der Waals surface area contributed by atoms with Gasteiger partial charge in [-0.15, -0.1) is 0 Å². The fourth-order valence-electron chi connectivity index (χ4n) is 2.07. The van der Waals surface area contributed by atoms with E-state index in [4.69, 9.17) is 4.42 Å². The number of anilines is 2. The molecule has 2 aromatic heterocycles. The molecule has 0 aliphatic rings. The Morgan fingerprint density at radius 3 is 2.45 bits per heavy atom. The predicted octanol–water partition coefficient (Wildman–Crippen LogP) is 3.60. The molecular formula is C15H22N4O. The van der Waals surface area contributed by atoms with E-state index in [1.54, 1.807) is 0 Å². The minimum absolute atomic E-state index is 0.0613. The molecule has 0 amide bonds. The summed E-state index contributed by atoms with van der Waals surface area (Å²) in [5, 5.41) is 6.65. The van der Waals surface area contributed by atoms with Gasteiger partial charge in [0.1, 0.15) is 29.0 Å². The first-order chi connectivity index (χ1) is 9.51. The maximum atomic E-state index is 5.64. The van der Waals surface area contributed by atoms with Crippen molar-refractivity contribution in [2.75, 3.05) is 17.2 Å². The van der Waals surface area contributed by atoms with Crippen LogP contribution < -0.4 is 10.6 Å². The molecule has 1 unspecified atom stereocenters. The molecule has 0 bridgehead atoms. The Labute approximate surface area is 119 Å². The third-order valence-electron chi connectivity index (χ3n) is 3.14. The fraction of sp³-hybridized carbons (Fsp3) is 0.467. The van der Waals surface area contributed by atoms with Crippen molar-refractivity contribution < 1.29 is 4.42 Å². The summed E-state index contributed by atoms with van der Waals surface area (Å²) in [6.45, 7) is 10.8. The van der Waals surface area contributed by atoms with Crippen molar-refractivity contribution in [3.63, 3.8) is 0 Å². The molecule has 0 aliphatic heterocycles. The van der Waals surface area contributed by atoms with Gasteiger partial charge in [-0.25, -0.2) is 9.97 Å². The summed E-state index contributed by atoms with van der Waals surface area (Å²) in [4.78, 5) is 8.91. The first-order valence-corrected chi connectivity index (χ1v) is 6.93. The SMILES string of the molecule is CCNc1nc(C)nc(NC(C)c2ccc(C)o2)c1C. The molecule has 1 atom stereocenters. The van der Waals surface area contributed by atoms with Gasteiger partial charge in [0.05, 0.1) is 6.04 Å². The molecule has 0 saturated heterocycles. The number of hydrogen-bond donors (Lipinski definition) is 2. The van der Waals surface area contributed by atoms with E-state index in [1.807, 2.05) is 32.9 Å². The van der Waals surface area contributed by atoms with Crippen molar-refractivity contribution in [3.8, 4) is 0 Å². The van der Waals surface area contributed by atoms with Crippen molar-refractivity contribution in [1.82, 2.24) is 9.97 Å². The number of furan rings is 1. The van der Waals surface area contributed by atoms with Crippen LogP contribution in [0.4, 0.5) is 11.6 Å². The number of hydrogen-bond acceptors (Lipinski definition) is 5. The van der Waals surface area contributed by atoms with Crippen molar-refractivity contribution in [1.29, 1.82) is 0 Å². The molecule has 0 aliphatic carbocycles. The Kier molecular flexibility index (Phi) is 4.27. The number of aryl methyl sites for hydroxylation is 2. The monoisotopic (exact) mass is 274 g/mol. The van der Waals surface area contributed by atoms with Crippen LogP contribution in [0.3, 0.4) is 0 Å². The van der Waals surface area contributed by atoms with Crippen molar-refractivity contribution in [2.45, 2.75) is 40.7 Å². The molecular weight excluding hydrogens is 252 g/mol. The van der Waals surface area contributed by atoms with Gasteiger partial charge in [0, 0.05) is 12.1 Å². The van der Waals surface area contributed by atoms with E-state index in [1.165, 1.54) is 0 Å². The standard InChI is InChI=1S/C15H22N4O/c1-6-16-14-10(3)15(19-12(5)18-14)17-11(4)13-8-7-9(2)20-13/h7-8,11H,6H2,1-5H3,(H2,16,17,18,19). The predicted molar refractivity (Wildman–Crippen MR) is 81.2 cm³/mol. The number of nitrogens with zero attached hydrogens (tertiary/aromatic N) is 2. The Morgan fingerprint density at radius 2 is 1.85 bits per heavy atom. The van der Waals surface area contributed by atoms with Crippen LogP contribution in [0.2, 0.25) is 0 Å². The van der Waals surface area contributed by atoms with Gasteiger partial charge in [-0.2, -0.15) is 0 Å². The molecule has 2 rings (SSSR count). The van der Waals surface area contributed by atoms with E-state index < -0.39 is 0 Å². The molecule has 5 nitrogen and oxygen atoms in total. The summed E-state index contributed by atoms with van der Waals surface area (Å²) in [7, 11) is 0. The molecule has 0 spiro atoms. The number of aromatic nitrogens is 2. The van der Waals surface area contributed by atoms with E-state index in [0.29, 0.717) is 0 Å². The molecule has 108 valence electrons. The van der Waals surface area contributed by atoms with Crippen LogP contribution in [-0.2, 0) is 0 Å². The van der Waals surface area contributed by atoms with Crippen LogP contribution in [0.1, 0.15) is 42.8 Å². The molecule has 0 fully saturated rings. The second-order valence-electron chi connectivity index (χ2n) is 4.94. The average Bonchev–Trinajstić information content (AvgIpc) is 2.82. The molecule has 2 N–H and O–H groups in total. The lowest BCUT2D eigenvalue weighted by atomic mass is 10.2. The van der Waals surface area contributed by atoms with Gasteiger partial charge in [0.15, 0.2) is 0 Å². The first-order valence-electron chi connectivity index (χ1n) is 6.93. The average molecular weight is 274 g/mol. The molecule has 2 aromatic rings. The lowest BCUT2D eigenvalue weighted by molar-refractivity contribution is 0.466. The molecule has 5 heteroatoms. The molecule has 0 saturated carbocycles. The number of nitrogens with one attached hydrogen (secondary N) is 2. The summed E-state index contributed by atoms with van der Waals surface area (Å²) < 4.78 is 5.64. The second kappa shape index (κ2) is 5.94. The third kappa shape index (κ3) is 3.10. The molecule has 2 heterocycles. The zero-order valence-electron chi connectivity index (χ0n) is 12.7. The third-order valence-corrected chi connectivity index (χ3v) is 3.14. The maximum absolute atomic E-state index is 5.64. The molecule has 20 heavy (non-hydrogen) atoms. The van der Waals surface area contributed by atoms with Gasteiger partial charge in [-0.1, -0.05) is 0 Å². The van der Waals surface area contributed by atoms with Crippen LogP contribution in [0, 0.1) is 20.8 Å². The summed E-state index contributed by atoms with van der Waals surface area (Å²) in [5.41, 5.74) is 1.02. The minimum atomic E-state index is 0.0613. The van der Waals surface area contributed by atoms with Crippen LogP contribution in [0.15, 0.2) is 16.5 Å². The topological polar surface area (TPSA) is 63.0 Å². The Balaban J connectivity index is 2.24. The Morgan fingerprint density at radius 1 is 1.15 bits per heavy atom. The highest BCUT2D eigenvalue weighted by atomic mass is 16.3. The van der Waals surface area contributed by atoms with Gasteiger partial charge in [0.2, 0.25) is 0 Å². The van der Waals surface area contributed by atoms with Crippen LogP contribution in [-0.4, -0.2) is 16.5 Å². The van der Waals surface area contributed by atoms with E-state index in [2.05, 4.69) is 34.4 Å². The maximum Gasteiger partial charge on any atom is 0.135 e. The normalized spacial score (nSPS) is 12.2. The van der Waals surface area contributed by atoms with Gasteiger partial charge in [0.25, 0.3) is 0 Å². The zero-order chi connectivity index (χ0) is 14.7. The summed E-state index contributed by atoms with van der Waals surface area (Å²) in [6, 6.07) is 4.02. The van der Waals surface area contributed by atoms with E-state index >= 15 is 0 Å². The van der Waals surface area contributed by atoms with Crippen molar-refractivity contribution in [3.05, 3.63) is 35.0 Å². The highest BCUT2D eigenvalue weighted by Crippen LogP contribution is 2.25. The van der Waals surface area contributed by atoms with Crippen LogP contribution in [0.25, 0.3) is 0 Å². The highest BCUT2D eigenvalue weighted by Gasteiger charge is 2.14. The summed E-state index contributed by atoms with van der Waals surface area (Å²) >= 11 is 0.